The van der Waals surface area contributed by atoms with Gasteiger partial charge in [-0.15, -0.1) is 0 Å². The van der Waals surface area contributed by atoms with E-state index < -0.39 is 48.8 Å². The van der Waals surface area contributed by atoms with Crippen LogP contribution in [-0.2, 0) is 76.0 Å². The second kappa shape index (κ2) is 35.3. The molecule has 0 fully saturated rings. The molecule has 2 atom stereocenters. The molecule has 0 rings (SSSR count). The van der Waals surface area contributed by atoms with Crippen molar-refractivity contribution in [1.29, 1.82) is 0 Å². The molecular formula is C32H60F3N3O16. The molecule has 0 bridgehead atoms. The van der Waals surface area contributed by atoms with E-state index in [4.69, 9.17) is 68.3 Å². The SMILES string of the molecule is COCCOCCOCC(COCCOCCOC)N(CC(=O)C(N)C(N)=O)C(COCCOCCOC)COCCOCCOCOC(=O)C(F)(F)F. The number of ether oxygens (including phenoxy) is 13. The number of amides is 1. The van der Waals surface area contributed by atoms with E-state index in [1.165, 1.54) is 0 Å². The highest BCUT2D eigenvalue weighted by atomic mass is 19.4. The van der Waals surface area contributed by atoms with Gasteiger partial charge >= 0.3 is 12.1 Å². The number of carbonyl (C=O) groups is 3. The van der Waals surface area contributed by atoms with Crippen molar-refractivity contribution in [3.63, 3.8) is 0 Å². The Labute approximate surface area is 314 Å². The molecule has 2 unspecified atom stereocenters. The zero-order valence-corrected chi connectivity index (χ0v) is 31.6. The molecule has 0 aliphatic heterocycles. The van der Waals surface area contributed by atoms with Crippen molar-refractivity contribution < 1.29 is 89.1 Å². The summed E-state index contributed by atoms with van der Waals surface area (Å²) >= 11 is 0. The van der Waals surface area contributed by atoms with Crippen LogP contribution in [0, 0.1) is 0 Å². The summed E-state index contributed by atoms with van der Waals surface area (Å²) in [5.41, 5.74) is 11.2. The molecule has 0 heterocycles. The number of carbonyl (C=O) groups excluding carboxylic acids is 3. The van der Waals surface area contributed by atoms with Crippen LogP contribution >= 0.6 is 0 Å². The van der Waals surface area contributed by atoms with E-state index in [-0.39, 0.29) is 99.0 Å². The van der Waals surface area contributed by atoms with Gasteiger partial charge in [0.05, 0.1) is 151 Å². The lowest BCUT2D eigenvalue weighted by atomic mass is 10.1. The Bertz CT molecular complexity index is 911. The van der Waals surface area contributed by atoms with Gasteiger partial charge in [-0.25, -0.2) is 4.79 Å². The first-order valence-corrected chi connectivity index (χ1v) is 17.2. The zero-order chi connectivity index (χ0) is 40.3. The maximum Gasteiger partial charge on any atom is 0.491 e. The molecule has 19 nitrogen and oxygen atoms in total. The number of esters is 1. The van der Waals surface area contributed by atoms with Crippen LogP contribution < -0.4 is 11.5 Å². The molecule has 54 heavy (non-hydrogen) atoms. The van der Waals surface area contributed by atoms with Gasteiger partial charge in [-0.2, -0.15) is 13.2 Å². The van der Waals surface area contributed by atoms with E-state index >= 15 is 0 Å². The Balaban J connectivity index is 5.69. The number of halogens is 3. The fourth-order valence-corrected chi connectivity index (χ4v) is 4.01. The Hall–Kier alpha value is -2.16. The lowest BCUT2D eigenvalue weighted by molar-refractivity contribution is -0.210. The van der Waals surface area contributed by atoms with E-state index in [2.05, 4.69) is 4.74 Å². The van der Waals surface area contributed by atoms with Gasteiger partial charge < -0.3 is 73.0 Å². The second-order valence-corrected chi connectivity index (χ2v) is 11.0. The summed E-state index contributed by atoms with van der Waals surface area (Å²) in [4.78, 5) is 37.5. The number of nitrogens with two attached hydrogens (primary N) is 2. The van der Waals surface area contributed by atoms with Crippen molar-refractivity contribution in [2.24, 2.45) is 11.5 Å². The van der Waals surface area contributed by atoms with Crippen molar-refractivity contribution in [2.45, 2.75) is 24.3 Å². The van der Waals surface area contributed by atoms with Gasteiger partial charge in [-0.3, -0.25) is 14.5 Å². The number of nitrogens with zero attached hydrogens (tertiary/aromatic N) is 1. The van der Waals surface area contributed by atoms with E-state index in [0.717, 1.165) is 0 Å². The quantitative estimate of drug-likeness (QED) is 0.0313. The smallest absolute Gasteiger partial charge is 0.432 e. The van der Waals surface area contributed by atoms with Crippen LogP contribution in [0.2, 0.25) is 0 Å². The normalized spacial score (nSPS) is 13.1. The Morgan fingerprint density at radius 1 is 0.537 bits per heavy atom. The summed E-state index contributed by atoms with van der Waals surface area (Å²) in [5, 5.41) is 0. The third-order valence-electron chi connectivity index (χ3n) is 6.83. The molecule has 4 N–H and O–H groups in total. The summed E-state index contributed by atoms with van der Waals surface area (Å²) < 4.78 is 106. The summed E-state index contributed by atoms with van der Waals surface area (Å²) in [7, 11) is 4.67. The summed E-state index contributed by atoms with van der Waals surface area (Å²) in [5.74, 6) is -4.02. The van der Waals surface area contributed by atoms with Crippen LogP contribution in [0.3, 0.4) is 0 Å². The predicted octanol–water partition coefficient (Wildman–Crippen LogP) is -1.44. The first-order valence-electron chi connectivity index (χ1n) is 17.2. The molecular weight excluding hydrogens is 739 g/mol. The van der Waals surface area contributed by atoms with Gasteiger partial charge in [0, 0.05) is 21.3 Å². The van der Waals surface area contributed by atoms with Gasteiger partial charge in [0.2, 0.25) is 5.91 Å². The van der Waals surface area contributed by atoms with Crippen LogP contribution in [-0.4, -0.2) is 214 Å². The van der Waals surface area contributed by atoms with Crippen molar-refractivity contribution in [3.05, 3.63) is 0 Å². The monoisotopic (exact) mass is 799 g/mol. The predicted molar refractivity (Wildman–Crippen MR) is 182 cm³/mol. The van der Waals surface area contributed by atoms with E-state index in [1.54, 1.807) is 26.2 Å². The number of Topliss-reactive ketones (excluding diaryl/α,β-unsaturated/α-hetero) is 1. The fraction of sp³-hybridized carbons (Fsp3) is 0.906. The number of hydrogen-bond donors (Lipinski definition) is 2. The lowest BCUT2D eigenvalue weighted by Crippen LogP contribution is -2.57. The summed E-state index contributed by atoms with van der Waals surface area (Å²) in [6.07, 6.45) is -5.12. The minimum atomic E-state index is -5.12. The van der Waals surface area contributed by atoms with Crippen LogP contribution in [0.1, 0.15) is 0 Å². The van der Waals surface area contributed by atoms with Crippen molar-refractivity contribution in [2.75, 3.05) is 167 Å². The molecule has 1 amide bonds. The third kappa shape index (κ3) is 29.2. The minimum absolute atomic E-state index is 0.00632. The van der Waals surface area contributed by atoms with Gasteiger partial charge in [-0.1, -0.05) is 0 Å². The molecule has 320 valence electrons. The number of hydrogen-bond acceptors (Lipinski definition) is 18. The number of alkyl halides is 3. The lowest BCUT2D eigenvalue weighted by Gasteiger charge is -2.37. The van der Waals surface area contributed by atoms with Gasteiger partial charge in [-0.05, 0) is 0 Å². The highest BCUT2D eigenvalue weighted by Crippen LogP contribution is 2.16. The largest absolute Gasteiger partial charge is 0.491 e. The van der Waals surface area contributed by atoms with Crippen molar-refractivity contribution in [3.8, 4) is 0 Å². The standard InChI is InChI=1S/C32H60F3N3O16/c1-42-4-7-45-10-15-49-21-26(22-50-16-11-46-8-5-43-2)38(20-28(39)29(36)30(37)40)27(23-51-17-12-47-9-6-44-3)24-52-18-13-48-14-19-53-25-54-31(41)32(33,34)35/h26-27,29H,4-25,36H2,1-3H3,(H2,37,40). The fourth-order valence-electron chi connectivity index (χ4n) is 4.01. The van der Waals surface area contributed by atoms with E-state index in [1.807, 2.05) is 0 Å². The first kappa shape index (κ1) is 51.8. The number of ketones is 1. The minimum Gasteiger partial charge on any atom is -0.432 e. The van der Waals surface area contributed by atoms with E-state index in [0.29, 0.717) is 39.6 Å². The Morgan fingerprint density at radius 2 is 0.852 bits per heavy atom. The molecule has 0 aliphatic rings. The molecule has 22 heteroatoms. The Morgan fingerprint density at radius 3 is 1.17 bits per heavy atom. The molecule has 0 aliphatic carbocycles. The van der Waals surface area contributed by atoms with Crippen LogP contribution in [0.5, 0.6) is 0 Å². The van der Waals surface area contributed by atoms with E-state index in [9.17, 15) is 27.6 Å². The summed E-state index contributed by atoms with van der Waals surface area (Å²) in [6.45, 7) is 2.64. The molecule has 0 spiro atoms. The maximum absolute atomic E-state index is 13.2. The first-order chi connectivity index (χ1) is 26.0. The maximum atomic E-state index is 13.2. The average molecular weight is 800 g/mol. The third-order valence-corrected chi connectivity index (χ3v) is 6.83. The highest BCUT2D eigenvalue weighted by molar-refractivity contribution is 6.05. The Kier molecular flexibility index (Phi) is 33.9. The van der Waals surface area contributed by atoms with Gasteiger partial charge in [0.15, 0.2) is 12.6 Å². The van der Waals surface area contributed by atoms with Crippen molar-refractivity contribution >= 4 is 17.7 Å². The average Bonchev–Trinajstić information content (AvgIpc) is 3.14. The highest BCUT2D eigenvalue weighted by Gasteiger charge is 2.41. The number of rotatable bonds is 40. The molecule has 0 aromatic rings. The molecule has 0 saturated heterocycles. The molecule has 0 radical (unpaired) electrons. The zero-order valence-electron chi connectivity index (χ0n) is 31.6. The van der Waals surface area contributed by atoms with Gasteiger partial charge in [0.1, 0.15) is 6.04 Å². The topological polar surface area (TPSA) is 226 Å². The molecule has 0 saturated carbocycles. The molecule has 0 aromatic carbocycles. The molecule has 0 aromatic heterocycles. The van der Waals surface area contributed by atoms with Crippen LogP contribution in [0.4, 0.5) is 13.2 Å². The van der Waals surface area contributed by atoms with Crippen LogP contribution in [0.25, 0.3) is 0 Å². The van der Waals surface area contributed by atoms with Crippen LogP contribution in [0.15, 0.2) is 0 Å². The van der Waals surface area contributed by atoms with Gasteiger partial charge in [0.25, 0.3) is 0 Å². The second-order valence-electron chi connectivity index (χ2n) is 11.0. The summed E-state index contributed by atoms with van der Waals surface area (Å²) in [6, 6.07) is -2.81. The number of primary amides is 1. The number of methoxy groups -OCH3 is 3. The van der Waals surface area contributed by atoms with Crippen molar-refractivity contribution in [1.82, 2.24) is 4.90 Å².